The summed E-state index contributed by atoms with van der Waals surface area (Å²) in [4.78, 5) is 7.18. The predicted octanol–water partition coefficient (Wildman–Crippen LogP) is 4.13. The molecule has 3 heteroatoms. The molecule has 1 aliphatic rings. The number of hydrogen-bond donors (Lipinski definition) is 0. The van der Waals surface area contributed by atoms with Crippen LogP contribution in [0.5, 0.6) is 0 Å². The molecule has 0 aromatic carbocycles. The van der Waals surface area contributed by atoms with E-state index in [-0.39, 0.29) is 0 Å². The molecular weight excluding hydrogens is 240 g/mol. The van der Waals surface area contributed by atoms with Gasteiger partial charge in [0.2, 0.25) is 0 Å². The van der Waals surface area contributed by atoms with Gasteiger partial charge in [0.15, 0.2) is 0 Å². The maximum atomic E-state index is 4.59. The van der Waals surface area contributed by atoms with Gasteiger partial charge in [-0.05, 0) is 44.9 Å². The van der Waals surface area contributed by atoms with E-state index in [2.05, 4.69) is 55.9 Å². The Hall–Kier alpha value is -0.540. The van der Waals surface area contributed by atoms with Crippen molar-refractivity contribution >= 4 is 11.8 Å². The first-order chi connectivity index (χ1) is 8.58. The molecule has 1 aromatic heterocycles. The third-order valence-corrected chi connectivity index (χ3v) is 4.41. The quantitative estimate of drug-likeness (QED) is 0.761. The van der Waals surface area contributed by atoms with Crippen LogP contribution in [0.1, 0.15) is 52.1 Å². The van der Waals surface area contributed by atoms with Crippen molar-refractivity contribution in [1.82, 2.24) is 9.88 Å². The lowest BCUT2D eigenvalue weighted by atomic mass is 10.1. The summed E-state index contributed by atoms with van der Waals surface area (Å²) >= 11 is 1.83. The molecule has 0 N–H and O–H groups in total. The Morgan fingerprint density at radius 3 is 2.61 bits per heavy atom. The fourth-order valence-corrected chi connectivity index (χ4v) is 3.41. The van der Waals surface area contributed by atoms with Gasteiger partial charge in [-0.2, -0.15) is 0 Å². The third kappa shape index (κ3) is 3.27. The van der Waals surface area contributed by atoms with Crippen molar-refractivity contribution in [3.63, 3.8) is 0 Å². The van der Waals surface area contributed by atoms with Gasteiger partial charge < -0.3 is 0 Å². The van der Waals surface area contributed by atoms with Crippen LogP contribution in [-0.4, -0.2) is 27.7 Å². The van der Waals surface area contributed by atoms with Crippen LogP contribution in [0.3, 0.4) is 0 Å². The van der Waals surface area contributed by atoms with Gasteiger partial charge in [-0.1, -0.05) is 19.9 Å². The van der Waals surface area contributed by atoms with E-state index in [0.29, 0.717) is 17.3 Å². The van der Waals surface area contributed by atoms with Crippen molar-refractivity contribution in [3.05, 3.63) is 23.9 Å². The molecular formula is C15H24N2S. The van der Waals surface area contributed by atoms with Gasteiger partial charge in [-0.25, -0.2) is 4.98 Å². The maximum Gasteiger partial charge on any atom is 0.0962 e. The number of nitrogens with zero attached hydrogens (tertiary/aromatic N) is 2. The zero-order chi connectivity index (χ0) is 13.1. The number of thioether (sulfide) groups is 1. The van der Waals surface area contributed by atoms with Gasteiger partial charge in [0.25, 0.3) is 0 Å². The van der Waals surface area contributed by atoms with E-state index in [9.17, 15) is 0 Å². The number of pyridine rings is 1. The van der Waals surface area contributed by atoms with Gasteiger partial charge in [0.1, 0.15) is 0 Å². The first kappa shape index (κ1) is 13.9. The Kier molecular flexibility index (Phi) is 4.68. The van der Waals surface area contributed by atoms with Crippen molar-refractivity contribution in [3.8, 4) is 0 Å². The standard InChI is InChI=1S/C15H24N2S/c1-11(2)17-9-5-6-14(17)13-7-8-15(16-10-13)18-12(3)4/h7-8,10-12,14H,5-6,9H2,1-4H3/t14-/m1/s1. The van der Waals surface area contributed by atoms with E-state index in [1.807, 2.05) is 11.8 Å². The summed E-state index contributed by atoms with van der Waals surface area (Å²) in [6, 6.07) is 5.65. The van der Waals surface area contributed by atoms with E-state index in [1.165, 1.54) is 24.9 Å². The van der Waals surface area contributed by atoms with Crippen molar-refractivity contribution in [1.29, 1.82) is 0 Å². The molecule has 0 bridgehead atoms. The molecule has 1 aliphatic heterocycles. The van der Waals surface area contributed by atoms with Crippen LogP contribution >= 0.6 is 11.8 Å². The van der Waals surface area contributed by atoms with Crippen molar-refractivity contribution in [2.75, 3.05) is 6.54 Å². The zero-order valence-corrected chi connectivity index (χ0v) is 12.7. The van der Waals surface area contributed by atoms with Gasteiger partial charge in [0, 0.05) is 23.5 Å². The van der Waals surface area contributed by atoms with E-state index in [0.717, 1.165) is 5.03 Å². The van der Waals surface area contributed by atoms with Crippen molar-refractivity contribution in [2.45, 2.75) is 62.9 Å². The molecule has 2 heterocycles. The average Bonchev–Trinajstić information content (AvgIpc) is 2.78. The third-order valence-electron chi connectivity index (χ3n) is 3.46. The number of aromatic nitrogens is 1. The summed E-state index contributed by atoms with van der Waals surface area (Å²) in [5.74, 6) is 0. The second kappa shape index (κ2) is 6.07. The number of hydrogen-bond acceptors (Lipinski definition) is 3. The van der Waals surface area contributed by atoms with E-state index in [4.69, 9.17) is 0 Å². The minimum Gasteiger partial charge on any atom is -0.294 e. The summed E-state index contributed by atoms with van der Waals surface area (Å²) in [6.45, 7) is 10.2. The summed E-state index contributed by atoms with van der Waals surface area (Å²) < 4.78 is 0. The lowest BCUT2D eigenvalue weighted by molar-refractivity contribution is 0.205. The van der Waals surface area contributed by atoms with Gasteiger partial charge in [-0.3, -0.25) is 4.90 Å². The maximum absolute atomic E-state index is 4.59. The minimum absolute atomic E-state index is 0.579. The summed E-state index contributed by atoms with van der Waals surface area (Å²) in [7, 11) is 0. The van der Waals surface area contributed by atoms with Crippen LogP contribution in [0.25, 0.3) is 0 Å². The SMILES string of the molecule is CC(C)Sc1ccc([C@H]2CCCN2C(C)C)cn1. The molecule has 1 fully saturated rings. The van der Waals surface area contributed by atoms with E-state index >= 15 is 0 Å². The molecule has 0 spiro atoms. The highest BCUT2D eigenvalue weighted by molar-refractivity contribution is 7.99. The molecule has 0 unspecified atom stereocenters. The van der Waals surface area contributed by atoms with Crippen LogP contribution in [0.4, 0.5) is 0 Å². The van der Waals surface area contributed by atoms with Gasteiger partial charge in [0.05, 0.1) is 5.03 Å². The lowest BCUT2D eigenvalue weighted by Gasteiger charge is -2.28. The summed E-state index contributed by atoms with van der Waals surface area (Å²) in [5, 5.41) is 1.74. The smallest absolute Gasteiger partial charge is 0.0962 e. The molecule has 2 rings (SSSR count). The van der Waals surface area contributed by atoms with Crippen molar-refractivity contribution < 1.29 is 0 Å². The lowest BCUT2D eigenvalue weighted by Crippen LogP contribution is -2.30. The minimum atomic E-state index is 0.579. The second-order valence-electron chi connectivity index (χ2n) is 5.59. The molecule has 1 atom stereocenters. The Bertz CT molecular complexity index is 373. The Labute approximate surface area is 115 Å². The van der Waals surface area contributed by atoms with Crippen LogP contribution in [-0.2, 0) is 0 Å². The summed E-state index contributed by atoms with van der Waals surface area (Å²) in [6.07, 6.45) is 4.66. The Morgan fingerprint density at radius 2 is 2.06 bits per heavy atom. The van der Waals surface area contributed by atoms with Gasteiger partial charge in [-0.15, -0.1) is 11.8 Å². The Balaban J connectivity index is 2.09. The van der Waals surface area contributed by atoms with Crippen LogP contribution < -0.4 is 0 Å². The molecule has 100 valence electrons. The zero-order valence-electron chi connectivity index (χ0n) is 11.9. The molecule has 0 amide bonds. The average molecular weight is 264 g/mol. The number of likely N-dealkylation sites (tertiary alicyclic amines) is 1. The van der Waals surface area contributed by atoms with Crippen LogP contribution in [0.2, 0.25) is 0 Å². The fourth-order valence-electron chi connectivity index (χ4n) is 2.67. The van der Waals surface area contributed by atoms with E-state index in [1.54, 1.807) is 0 Å². The number of rotatable bonds is 4. The van der Waals surface area contributed by atoms with Crippen LogP contribution in [0, 0.1) is 0 Å². The second-order valence-corrected chi connectivity index (χ2v) is 7.18. The topological polar surface area (TPSA) is 16.1 Å². The summed E-state index contributed by atoms with van der Waals surface area (Å²) in [5.41, 5.74) is 1.38. The molecule has 18 heavy (non-hydrogen) atoms. The normalized spacial score (nSPS) is 21.1. The first-order valence-corrected chi connectivity index (χ1v) is 7.84. The molecule has 0 radical (unpaired) electrons. The monoisotopic (exact) mass is 264 g/mol. The largest absolute Gasteiger partial charge is 0.294 e. The molecule has 2 nitrogen and oxygen atoms in total. The fraction of sp³-hybridized carbons (Fsp3) is 0.667. The molecule has 0 saturated carbocycles. The highest BCUT2D eigenvalue weighted by Gasteiger charge is 2.27. The van der Waals surface area contributed by atoms with E-state index < -0.39 is 0 Å². The van der Waals surface area contributed by atoms with Crippen LogP contribution in [0.15, 0.2) is 23.4 Å². The van der Waals surface area contributed by atoms with Gasteiger partial charge >= 0.3 is 0 Å². The van der Waals surface area contributed by atoms with Crippen molar-refractivity contribution in [2.24, 2.45) is 0 Å². The highest BCUT2D eigenvalue weighted by atomic mass is 32.2. The molecule has 0 aliphatic carbocycles. The Morgan fingerprint density at radius 1 is 1.28 bits per heavy atom. The predicted molar refractivity (Wildman–Crippen MR) is 79.0 cm³/mol. The molecule has 1 saturated heterocycles. The highest BCUT2D eigenvalue weighted by Crippen LogP contribution is 2.33. The molecule has 1 aromatic rings. The first-order valence-electron chi connectivity index (χ1n) is 6.96.